The molecule has 1 aliphatic carbocycles. The van der Waals surface area contributed by atoms with Gasteiger partial charge in [-0.3, -0.25) is 0 Å². The van der Waals surface area contributed by atoms with Crippen LogP contribution >= 0.6 is 0 Å². The second kappa shape index (κ2) is 3.94. The van der Waals surface area contributed by atoms with Gasteiger partial charge in [-0.1, -0.05) is 6.42 Å². The molecule has 2 atom stereocenters. The maximum Gasteiger partial charge on any atom is 0.0590 e. The van der Waals surface area contributed by atoms with Gasteiger partial charge in [0.05, 0.1) is 12.7 Å². The summed E-state index contributed by atoms with van der Waals surface area (Å²) in [4.78, 5) is 0. The minimum Gasteiger partial charge on any atom is -0.393 e. The summed E-state index contributed by atoms with van der Waals surface area (Å²) in [5, 5.41) is 9.34. The van der Waals surface area contributed by atoms with Crippen LogP contribution in [0.1, 0.15) is 26.2 Å². The van der Waals surface area contributed by atoms with Gasteiger partial charge in [0, 0.05) is 12.5 Å². The van der Waals surface area contributed by atoms with Gasteiger partial charge >= 0.3 is 0 Å². The molecule has 0 aromatic carbocycles. The van der Waals surface area contributed by atoms with Crippen LogP contribution in [-0.4, -0.2) is 24.4 Å². The van der Waals surface area contributed by atoms with Crippen molar-refractivity contribution in [2.75, 3.05) is 13.2 Å². The fourth-order valence-electron chi connectivity index (χ4n) is 1.48. The quantitative estimate of drug-likeness (QED) is 0.644. The molecule has 1 saturated carbocycles. The molecule has 1 rings (SSSR count). The third kappa shape index (κ3) is 1.96. The van der Waals surface area contributed by atoms with E-state index in [4.69, 9.17) is 4.74 Å². The highest BCUT2D eigenvalue weighted by Crippen LogP contribution is 2.25. The lowest BCUT2D eigenvalue weighted by atomic mass is 10.1. The molecule has 1 aliphatic rings. The second-order valence-electron chi connectivity index (χ2n) is 2.92. The minimum absolute atomic E-state index is 0.0912. The Bertz CT molecular complexity index is 93.3. The van der Waals surface area contributed by atoms with Crippen molar-refractivity contribution < 1.29 is 9.84 Å². The van der Waals surface area contributed by atoms with Gasteiger partial charge in [-0.2, -0.15) is 0 Å². The van der Waals surface area contributed by atoms with Crippen molar-refractivity contribution in [2.24, 2.45) is 5.92 Å². The van der Waals surface area contributed by atoms with Crippen LogP contribution in [0.4, 0.5) is 0 Å². The highest BCUT2D eigenvalue weighted by atomic mass is 16.5. The molecule has 0 aromatic rings. The Balaban J connectivity index is 2.14. The van der Waals surface area contributed by atoms with Gasteiger partial charge in [-0.05, 0) is 19.8 Å². The van der Waals surface area contributed by atoms with E-state index in [1.165, 1.54) is 6.42 Å². The summed E-state index contributed by atoms with van der Waals surface area (Å²) < 4.78 is 5.23. The van der Waals surface area contributed by atoms with Gasteiger partial charge in [0.15, 0.2) is 0 Å². The Morgan fingerprint density at radius 1 is 1.50 bits per heavy atom. The number of aliphatic hydroxyl groups is 1. The number of aliphatic hydroxyl groups excluding tert-OH is 1. The van der Waals surface area contributed by atoms with Gasteiger partial charge in [0.1, 0.15) is 0 Å². The van der Waals surface area contributed by atoms with Crippen LogP contribution in [0, 0.1) is 5.92 Å². The standard InChI is InChI=1S/C8H16O2/c1-2-10-6-7-4-3-5-8(7)9/h7-9H,2-6H2,1H3. The number of hydrogen-bond donors (Lipinski definition) is 1. The summed E-state index contributed by atoms with van der Waals surface area (Å²) in [6, 6.07) is 0. The van der Waals surface area contributed by atoms with Crippen molar-refractivity contribution in [3.8, 4) is 0 Å². The van der Waals surface area contributed by atoms with Crippen molar-refractivity contribution in [3.05, 3.63) is 0 Å². The molecule has 2 nitrogen and oxygen atoms in total. The van der Waals surface area contributed by atoms with E-state index in [-0.39, 0.29) is 6.10 Å². The SMILES string of the molecule is CCOCC1CCCC1O. The van der Waals surface area contributed by atoms with Gasteiger partial charge in [0.2, 0.25) is 0 Å². The average molecular weight is 144 g/mol. The molecule has 0 aliphatic heterocycles. The Hall–Kier alpha value is -0.0800. The second-order valence-corrected chi connectivity index (χ2v) is 2.92. The molecule has 0 spiro atoms. The van der Waals surface area contributed by atoms with E-state index < -0.39 is 0 Å². The molecule has 1 N–H and O–H groups in total. The lowest BCUT2D eigenvalue weighted by Crippen LogP contribution is -2.18. The third-order valence-corrected chi connectivity index (χ3v) is 2.16. The summed E-state index contributed by atoms with van der Waals surface area (Å²) in [5.74, 6) is 0.417. The van der Waals surface area contributed by atoms with Crippen LogP contribution in [0.3, 0.4) is 0 Å². The van der Waals surface area contributed by atoms with Crippen molar-refractivity contribution in [1.29, 1.82) is 0 Å². The third-order valence-electron chi connectivity index (χ3n) is 2.16. The van der Waals surface area contributed by atoms with Gasteiger partial charge < -0.3 is 9.84 Å². The first-order valence-corrected chi connectivity index (χ1v) is 4.10. The zero-order valence-electron chi connectivity index (χ0n) is 6.55. The smallest absolute Gasteiger partial charge is 0.0590 e. The summed E-state index contributed by atoms with van der Waals surface area (Å²) in [6.45, 7) is 3.50. The molecular weight excluding hydrogens is 128 g/mol. The molecule has 0 heterocycles. The molecule has 0 radical (unpaired) electrons. The van der Waals surface area contributed by atoms with Crippen molar-refractivity contribution in [1.82, 2.24) is 0 Å². The molecule has 0 aromatic heterocycles. The number of hydrogen-bond acceptors (Lipinski definition) is 2. The Kier molecular flexibility index (Phi) is 3.16. The van der Waals surface area contributed by atoms with Crippen LogP contribution in [-0.2, 0) is 4.74 Å². The lowest BCUT2D eigenvalue weighted by Gasteiger charge is -2.12. The first-order valence-electron chi connectivity index (χ1n) is 4.10. The largest absolute Gasteiger partial charge is 0.393 e. The average Bonchev–Trinajstić information content (AvgIpc) is 2.31. The molecule has 0 bridgehead atoms. The van der Waals surface area contributed by atoms with E-state index >= 15 is 0 Å². The predicted molar refractivity (Wildman–Crippen MR) is 39.8 cm³/mol. The minimum atomic E-state index is -0.0912. The van der Waals surface area contributed by atoms with Crippen molar-refractivity contribution in [3.63, 3.8) is 0 Å². The Labute approximate surface area is 62.2 Å². The maximum absolute atomic E-state index is 9.34. The zero-order chi connectivity index (χ0) is 7.40. The van der Waals surface area contributed by atoms with Crippen molar-refractivity contribution >= 4 is 0 Å². The molecule has 0 amide bonds. The molecule has 1 fully saturated rings. The topological polar surface area (TPSA) is 29.5 Å². The summed E-state index contributed by atoms with van der Waals surface area (Å²) >= 11 is 0. The Morgan fingerprint density at radius 3 is 2.80 bits per heavy atom. The van der Waals surface area contributed by atoms with Crippen LogP contribution < -0.4 is 0 Å². The molecule has 0 saturated heterocycles. The monoisotopic (exact) mass is 144 g/mol. The van der Waals surface area contributed by atoms with E-state index in [2.05, 4.69) is 0 Å². The van der Waals surface area contributed by atoms with Gasteiger partial charge in [-0.15, -0.1) is 0 Å². The van der Waals surface area contributed by atoms with Crippen LogP contribution in [0.25, 0.3) is 0 Å². The summed E-state index contributed by atoms with van der Waals surface area (Å²) in [5.41, 5.74) is 0. The molecule has 10 heavy (non-hydrogen) atoms. The van der Waals surface area contributed by atoms with E-state index in [1.54, 1.807) is 0 Å². The van der Waals surface area contributed by atoms with Gasteiger partial charge in [0.25, 0.3) is 0 Å². The van der Waals surface area contributed by atoms with Crippen LogP contribution in [0.2, 0.25) is 0 Å². The number of rotatable bonds is 3. The molecule has 2 unspecified atom stereocenters. The Morgan fingerprint density at radius 2 is 2.30 bits per heavy atom. The number of ether oxygens (including phenoxy) is 1. The van der Waals surface area contributed by atoms with E-state index in [0.29, 0.717) is 5.92 Å². The lowest BCUT2D eigenvalue weighted by molar-refractivity contribution is 0.0497. The van der Waals surface area contributed by atoms with Gasteiger partial charge in [-0.25, -0.2) is 0 Å². The highest BCUT2D eigenvalue weighted by Gasteiger charge is 2.24. The highest BCUT2D eigenvalue weighted by molar-refractivity contribution is 4.75. The summed E-state index contributed by atoms with van der Waals surface area (Å²) in [7, 11) is 0. The molecular formula is C8H16O2. The zero-order valence-corrected chi connectivity index (χ0v) is 6.55. The van der Waals surface area contributed by atoms with E-state index in [0.717, 1.165) is 26.1 Å². The fraction of sp³-hybridized carbons (Fsp3) is 1.00. The van der Waals surface area contributed by atoms with Crippen molar-refractivity contribution in [2.45, 2.75) is 32.3 Å². The predicted octanol–water partition coefficient (Wildman–Crippen LogP) is 1.18. The van der Waals surface area contributed by atoms with Crippen LogP contribution in [0.5, 0.6) is 0 Å². The summed E-state index contributed by atoms with van der Waals surface area (Å²) in [6.07, 6.45) is 3.18. The first-order chi connectivity index (χ1) is 4.84. The van der Waals surface area contributed by atoms with E-state index in [9.17, 15) is 5.11 Å². The maximum atomic E-state index is 9.34. The molecule has 2 heteroatoms. The molecule has 60 valence electrons. The fourth-order valence-corrected chi connectivity index (χ4v) is 1.48. The van der Waals surface area contributed by atoms with Crippen LogP contribution in [0.15, 0.2) is 0 Å². The normalized spacial score (nSPS) is 33.0. The first kappa shape index (κ1) is 8.02. The van der Waals surface area contributed by atoms with E-state index in [1.807, 2.05) is 6.92 Å².